The topological polar surface area (TPSA) is 38.5 Å². The molecule has 3 heteroatoms. The molecule has 16 heavy (non-hydrogen) atoms. The Morgan fingerprint density at radius 3 is 2.44 bits per heavy atom. The van der Waals surface area contributed by atoms with E-state index >= 15 is 0 Å². The molecule has 0 amide bonds. The second-order valence-electron chi connectivity index (χ2n) is 5.12. The first-order chi connectivity index (χ1) is 7.46. The second kappa shape index (κ2) is 8.04. The first-order valence-electron chi connectivity index (χ1n) is 6.48. The Bertz CT molecular complexity index is 171. The van der Waals surface area contributed by atoms with Crippen molar-refractivity contribution in [1.29, 1.82) is 0 Å². The van der Waals surface area contributed by atoms with E-state index in [2.05, 4.69) is 32.6 Å². The van der Waals surface area contributed by atoms with Crippen LogP contribution in [-0.4, -0.2) is 43.3 Å². The third-order valence-electron chi connectivity index (χ3n) is 3.18. The highest BCUT2D eigenvalue weighted by atomic mass is 16.5. The molecule has 0 aliphatic rings. The molecule has 0 aliphatic heterocycles. The van der Waals surface area contributed by atoms with Crippen LogP contribution >= 0.6 is 0 Å². The van der Waals surface area contributed by atoms with Crippen molar-refractivity contribution in [2.45, 2.75) is 58.5 Å². The van der Waals surface area contributed by atoms with Crippen LogP contribution in [-0.2, 0) is 4.74 Å². The van der Waals surface area contributed by atoms with Gasteiger partial charge in [0.1, 0.15) is 0 Å². The van der Waals surface area contributed by atoms with Crippen LogP contribution in [0.25, 0.3) is 0 Å². The highest BCUT2D eigenvalue weighted by Gasteiger charge is 2.23. The van der Waals surface area contributed by atoms with Gasteiger partial charge in [-0.15, -0.1) is 0 Å². The Morgan fingerprint density at radius 1 is 1.38 bits per heavy atom. The summed E-state index contributed by atoms with van der Waals surface area (Å²) in [4.78, 5) is 2.44. The molecule has 0 fully saturated rings. The Labute approximate surface area is 101 Å². The molecule has 0 radical (unpaired) electrons. The Kier molecular flexibility index (Phi) is 7.98. The second-order valence-corrected chi connectivity index (χ2v) is 5.12. The summed E-state index contributed by atoms with van der Waals surface area (Å²) < 4.78 is 5.16. The third-order valence-corrected chi connectivity index (χ3v) is 3.18. The highest BCUT2D eigenvalue weighted by Crippen LogP contribution is 2.14. The molecular weight excluding hydrogens is 200 g/mol. The van der Waals surface area contributed by atoms with Gasteiger partial charge in [-0.25, -0.2) is 0 Å². The number of methoxy groups -OCH3 is 1. The van der Waals surface area contributed by atoms with Crippen LogP contribution in [0.15, 0.2) is 0 Å². The van der Waals surface area contributed by atoms with Gasteiger partial charge >= 0.3 is 0 Å². The van der Waals surface area contributed by atoms with Crippen molar-refractivity contribution < 1.29 is 4.74 Å². The van der Waals surface area contributed by atoms with E-state index in [1.54, 1.807) is 7.11 Å². The average molecular weight is 230 g/mol. The van der Waals surface area contributed by atoms with E-state index in [4.69, 9.17) is 10.5 Å². The van der Waals surface area contributed by atoms with E-state index in [1.807, 2.05) is 0 Å². The molecule has 0 rings (SSSR count). The first kappa shape index (κ1) is 15.9. The molecule has 2 N–H and O–H groups in total. The van der Waals surface area contributed by atoms with Crippen LogP contribution in [0.5, 0.6) is 0 Å². The van der Waals surface area contributed by atoms with Gasteiger partial charge in [0.15, 0.2) is 0 Å². The van der Waals surface area contributed by atoms with E-state index in [9.17, 15) is 0 Å². The van der Waals surface area contributed by atoms with Crippen LogP contribution in [0.2, 0.25) is 0 Å². The monoisotopic (exact) mass is 230 g/mol. The van der Waals surface area contributed by atoms with Crippen molar-refractivity contribution in [3.05, 3.63) is 0 Å². The predicted octanol–water partition coefficient (Wildman–Crippen LogP) is 2.25. The molecule has 0 spiro atoms. The summed E-state index contributed by atoms with van der Waals surface area (Å²) in [6.07, 6.45) is 3.38. The van der Waals surface area contributed by atoms with Crippen molar-refractivity contribution in [3.8, 4) is 0 Å². The van der Waals surface area contributed by atoms with Crippen LogP contribution in [0.3, 0.4) is 0 Å². The summed E-state index contributed by atoms with van der Waals surface area (Å²) in [7, 11) is 1.75. The SMILES string of the molecule is CCCC(C)(N)CN(CCOC)C(C)CC. The molecule has 0 aromatic heterocycles. The predicted molar refractivity (Wildman–Crippen MR) is 70.7 cm³/mol. The molecular formula is C13H30N2O. The normalized spacial score (nSPS) is 17.4. The smallest absolute Gasteiger partial charge is 0.0589 e. The lowest BCUT2D eigenvalue weighted by molar-refractivity contribution is 0.103. The fourth-order valence-electron chi connectivity index (χ4n) is 2.04. The molecule has 3 nitrogen and oxygen atoms in total. The highest BCUT2D eigenvalue weighted by molar-refractivity contribution is 4.84. The van der Waals surface area contributed by atoms with Gasteiger partial charge in [-0.05, 0) is 26.7 Å². The number of hydrogen-bond acceptors (Lipinski definition) is 3. The zero-order valence-electron chi connectivity index (χ0n) is 11.8. The van der Waals surface area contributed by atoms with Gasteiger partial charge in [0, 0.05) is 31.8 Å². The fourth-order valence-corrected chi connectivity index (χ4v) is 2.04. The molecule has 0 bridgehead atoms. The molecule has 2 atom stereocenters. The number of nitrogens with zero attached hydrogens (tertiary/aromatic N) is 1. The Balaban J connectivity index is 4.28. The zero-order valence-corrected chi connectivity index (χ0v) is 11.8. The van der Waals surface area contributed by atoms with Crippen molar-refractivity contribution in [2.75, 3.05) is 26.8 Å². The maximum Gasteiger partial charge on any atom is 0.0589 e. The minimum Gasteiger partial charge on any atom is -0.383 e. The largest absolute Gasteiger partial charge is 0.383 e. The van der Waals surface area contributed by atoms with E-state index in [1.165, 1.54) is 0 Å². The zero-order chi connectivity index (χ0) is 12.6. The standard InChI is InChI=1S/C13H30N2O/c1-6-8-13(4,14)11-15(9-10-16-5)12(3)7-2/h12H,6-11,14H2,1-5H3. The van der Waals surface area contributed by atoms with Crippen LogP contribution in [0.4, 0.5) is 0 Å². The van der Waals surface area contributed by atoms with Gasteiger partial charge < -0.3 is 10.5 Å². The van der Waals surface area contributed by atoms with Gasteiger partial charge in [-0.1, -0.05) is 20.3 Å². The first-order valence-corrected chi connectivity index (χ1v) is 6.48. The molecule has 0 saturated carbocycles. The minimum atomic E-state index is -0.0775. The molecule has 98 valence electrons. The van der Waals surface area contributed by atoms with Gasteiger partial charge in [-0.3, -0.25) is 4.90 Å². The number of ether oxygens (including phenoxy) is 1. The van der Waals surface area contributed by atoms with Crippen LogP contribution in [0.1, 0.15) is 47.0 Å². The van der Waals surface area contributed by atoms with Crippen LogP contribution in [0, 0.1) is 0 Å². The number of rotatable bonds is 9. The molecule has 0 aromatic rings. The number of nitrogens with two attached hydrogens (primary N) is 1. The summed E-state index contributed by atoms with van der Waals surface area (Å²) in [5.41, 5.74) is 6.23. The summed E-state index contributed by atoms with van der Waals surface area (Å²) in [6.45, 7) is 11.5. The molecule has 2 unspecified atom stereocenters. The van der Waals surface area contributed by atoms with Gasteiger partial charge in [0.2, 0.25) is 0 Å². The van der Waals surface area contributed by atoms with Crippen molar-refractivity contribution in [2.24, 2.45) is 5.73 Å². The van der Waals surface area contributed by atoms with E-state index in [0.717, 1.165) is 39.0 Å². The van der Waals surface area contributed by atoms with Crippen molar-refractivity contribution in [1.82, 2.24) is 4.90 Å². The van der Waals surface area contributed by atoms with E-state index in [0.29, 0.717) is 6.04 Å². The Hall–Kier alpha value is -0.120. The lowest BCUT2D eigenvalue weighted by atomic mass is 9.96. The summed E-state index contributed by atoms with van der Waals surface area (Å²) in [5, 5.41) is 0. The number of hydrogen-bond donors (Lipinski definition) is 1. The lowest BCUT2D eigenvalue weighted by Gasteiger charge is -2.36. The summed E-state index contributed by atoms with van der Waals surface area (Å²) >= 11 is 0. The molecule has 0 aromatic carbocycles. The van der Waals surface area contributed by atoms with Crippen LogP contribution < -0.4 is 5.73 Å². The molecule has 0 heterocycles. The summed E-state index contributed by atoms with van der Waals surface area (Å²) in [5.74, 6) is 0. The Morgan fingerprint density at radius 2 is 2.00 bits per heavy atom. The van der Waals surface area contributed by atoms with Gasteiger partial charge in [0.25, 0.3) is 0 Å². The van der Waals surface area contributed by atoms with E-state index in [-0.39, 0.29) is 5.54 Å². The average Bonchev–Trinajstić information content (AvgIpc) is 2.22. The minimum absolute atomic E-state index is 0.0775. The van der Waals surface area contributed by atoms with Gasteiger partial charge in [-0.2, -0.15) is 0 Å². The maximum absolute atomic E-state index is 6.31. The fraction of sp³-hybridized carbons (Fsp3) is 1.00. The lowest BCUT2D eigenvalue weighted by Crippen LogP contribution is -2.51. The van der Waals surface area contributed by atoms with Gasteiger partial charge in [0.05, 0.1) is 6.61 Å². The van der Waals surface area contributed by atoms with Crippen molar-refractivity contribution >= 4 is 0 Å². The quantitative estimate of drug-likeness (QED) is 0.660. The molecule has 0 saturated heterocycles. The van der Waals surface area contributed by atoms with E-state index < -0.39 is 0 Å². The summed E-state index contributed by atoms with van der Waals surface area (Å²) in [6, 6.07) is 0.579. The molecule has 0 aliphatic carbocycles. The third kappa shape index (κ3) is 6.46. The maximum atomic E-state index is 6.31. The van der Waals surface area contributed by atoms with Crippen molar-refractivity contribution in [3.63, 3.8) is 0 Å².